The van der Waals surface area contributed by atoms with E-state index in [1.54, 1.807) is 0 Å². The molecule has 1 heterocycles. The third kappa shape index (κ3) is 4.94. The summed E-state index contributed by atoms with van der Waals surface area (Å²) < 4.78 is 0. The first kappa shape index (κ1) is 19.2. The summed E-state index contributed by atoms with van der Waals surface area (Å²) in [5.74, 6) is 0.211. The largest absolute Gasteiger partial charge is 0.356 e. The summed E-state index contributed by atoms with van der Waals surface area (Å²) in [5, 5.41) is 4.05. The van der Waals surface area contributed by atoms with Crippen molar-refractivity contribution >= 4 is 16.8 Å². The van der Waals surface area contributed by atoms with E-state index in [1.165, 1.54) is 11.1 Å². The number of H-pyrrole nitrogens is 1. The predicted molar refractivity (Wildman–Crippen MR) is 104 cm³/mol. The van der Waals surface area contributed by atoms with Crippen LogP contribution < -0.4 is 10.9 Å². The standard InChI is InChI=1S/C21H30N2O2/c1-5-7-16(8-6-2)20(24)22-10-9-17-13-18-11-14(3)15(4)12-19(18)23-21(17)25/h11-13,16H,5-10H2,1-4H3,(H,22,24)(H,23,25). The van der Waals surface area contributed by atoms with Gasteiger partial charge in [-0.3, -0.25) is 9.59 Å². The number of aromatic amines is 1. The Hall–Kier alpha value is -2.10. The van der Waals surface area contributed by atoms with Gasteiger partial charge < -0.3 is 10.3 Å². The third-order valence-electron chi connectivity index (χ3n) is 4.87. The van der Waals surface area contributed by atoms with Crippen molar-refractivity contribution in [2.45, 2.75) is 59.8 Å². The van der Waals surface area contributed by atoms with E-state index in [1.807, 2.05) is 19.1 Å². The Bertz CT molecular complexity index is 786. The van der Waals surface area contributed by atoms with Gasteiger partial charge in [0.1, 0.15) is 0 Å². The van der Waals surface area contributed by atoms with Crippen molar-refractivity contribution in [3.05, 3.63) is 45.2 Å². The molecule has 0 unspecified atom stereocenters. The van der Waals surface area contributed by atoms with Crippen molar-refractivity contribution in [3.8, 4) is 0 Å². The number of nitrogens with one attached hydrogen (secondary N) is 2. The summed E-state index contributed by atoms with van der Waals surface area (Å²) in [6.07, 6.45) is 4.43. The van der Waals surface area contributed by atoms with Gasteiger partial charge in [0.05, 0.1) is 0 Å². The van der Waals surface area contributed by atoms with Crippen molar-refractivity contribution in [2.24, 2.45) is 5.92 Å². The predicted octanol–water partition coefficient (Wildman–Crippen LogP) is 4.02. The molecule has 2 aromatic rings. The molecule has 4 heteroatoms. The number of carbonyl (C=O) groups is 1. The van der Waals surface area contributed by atoms with Crippen LogP contribution in [0.25, 0.3) is 10.9 Å². The molecule has 0 saturated heterocycles. The van der Waals surface area contributed by atoms with Crippen LogP contribution in [0.1, 0.15) is 56.2 Å². The van der Waals surface area contributed by atoms with Gasteiger partial charge in [0.15, 0.2) is 0 Å². The van der Waals surface area contributed by atoms with E-state index < -0.39 is 0 Å². The van der Waals surface area contributed by atoms with Crippen LogP contribution in [0, 0.1) is 19.8 Å². The van der Waals surface area contributed by atoms with Gasteiger partial charge in [-0.2, -0.15) is 0 Å². The van der Waals surface area contributed by atoms with Gasteiger partial charge in [-0.25, -0.2) is 0 Å². The van der Waals surface area contributed by atoms with Gasteiger partial charge >= 0.3 is 0 Å². The lowest BCUT2D eigenvalue weighted by Crippen LogP contribution is -2.33. The second kappa shape index (κ2) is 8.84. The molecule has 25 heavy (non-hydrogen) atoms. The fourth-order valence-electron chi connectivity index (χ4n) is 3.28. The number of rotatable bonds is 8. The van der Waals surface area contributed by atoms with Gasteiger partial charge in [-0.1, -0.05) is 26.7 Å². The molecular formula is C21H30N2O2. The molecule has 4 nitrogen and oxygen atoms in total. The van der Waals surface area contributed by atoms with E-state index in [9.17, 15) is 9.59 Å². The number of fused-ring (bicyclic) bond motifs is 1. The van der Waals surface area contributed by atoms with Crippen LogP contribution in [0.15, 0.2) is 23.0 Å². The van der Waals surface area contributed by atoms with Crippen LogP contribution in [0.3, 0.4) is 0 Å². The Balaban J connectivity index is 2.05. The van der Waals surface area contributed by atoms with Gasteiger partial charge in [-0.15, -0.1) is 0 Å². The highest BCUT2D eigenvalue weighted by Gasteiger charge is 2.16. The third-order valence-corrected chi connectivity index (χ3v) is 4.87. The molecule has 0 saturated carbocycles. The Morgan fingerprint density at radius 1 is 1.08 bits per heavy atom. The van der Waals surface area contributed by atoms with Crippen molar-refractivity contribution in [3.63, 3.8) is 0 Å². The Morgan fingerprint density at radius 3 is 2.36 bits per heavy atom. The molecule has 0 atom stereocenters. The fourth-order valence-corrected chi connectivity index (χ4v) is 3.28. The molecule has 0 radical (unpaired) electrons. The van der Waals surface area contributed by atoms with Gasteiger partial charge in [0.25, 0.3) is 5.56 Å². The average Bonchev–Trinajstić information content (AvgIpc) is 2.57. The molecule has 0 aliphatic rings. The van der Waals surface area contributed by atoms with E-state index in [2.05, 4.69) is 37.1 Å². The van der Waals surface area contributed by atoms with Crippen LogP contribution in [0.5, 0.6) is 0 Å². The summed E-state index contributed by atoms with van der Waals surface area (Å²) in [6, 6.07) is 6.06. The number of carbonyl (C=O) groups excluding carboxylic acids is 1. The van der Waals surface area contributed by atoms with E-state index in [0.717, 1.165) is 42.1 Å². The van der Waals surface area contributed by atoms with Crippen LogP contribution in [-0.4, -0.2) is 17.4 Å². The number of aryl methyl sites for hydroxylation is 2. The number of aromatic nitrogens is 1. The molecule has 0 bridgehead atoms. The van der Waals surface area contributed by atoms with Crippen molar-refractivity contribution in [1.82, 2.24) is 10.3 Å². The van der Waals surface area contributed by atoms with Crippen LogP contribution in [0.4, 0.5) is 0 Å². The van der Waals surface area contributed by atoms with Gasteiger partial charge in [0.2, 0.25) is 5.91 Å². The molecule has 2 rings (SSSR count). The normalized spacial score (nSPS) is 11.2. The average molecular weight is 342 g/mol. The molecule has 0 aliphatic carbocycles. The molecule has 2 N–H and O–H groups in total. The second-order valence-electron chi connectivity index (χ2n) is 6.96. The van der Waals surface area contributed by atoms with Gasteiger partial charge in [0, 0.05) is 23.5 Å². The summed E-state index contributed by atoms with van der Waals surface area (Å²) >= 11 is 0. The minimum atomic E-state index is -0.0660. The van der Waals surface area contributed by atoms with E-state index in [4.69, 9.17) is 0 Å². The number of hydrogen-bond acceptors (Lipinski definition) is 2. The van der Waals surface area contributed by atoms with E-state index in [-0.39, 0.29) is 17.4 Å². The van der Waals surface area contributed by atoms with Crippen molar-refractivity contribution in [1.29, 1.82) is 0 Å². The van der Waals surface area contributed by atoms with Gasteiger partial charge in [-0.05, 0) is 67.8 Å². The molecule has 0 fully saturated rings. The van der Waals surface area contributed by atoms with Crippen molar-refractivity contribution in [2.75, 3.05) is 6.54 Å². The lowest BCUT2D eigenvalue weighted by atomic mass is 9.97. The minimum absolute atomic E-state index is 0.0660. The lowest BCUT2D eigenvalue weighted by Gasteiger charge is -2.15. The molecular weight excluding hydrogens is 312 g/mol. The first-order valence-electron chi connectivity index (χ1n) is 9.37. The number of hydrogen-bond donors (Lipinski definition) is 2. The molecule has 0 spiro atoms. The molecule has 136 valence electrons. The Kier molecular flexibility index (Phi) is 6.80. The molecule has 1 aromatic carbocycles. The maximum absolute atomic E-state index is 12.3. The first-order chi connectivity index (χ1) is 12.0. The highest BCUT2D eigenvalue weighted by molar-refractivity contribution is 5.81. The SMILES string of the molecule is CCCC(CCC)C(=O)NCCc1cc2cc(C)c(C)cc2[nH]c1=O. The number of pyridine rings is 1. The fraction of sp³-hybridized carbons (Fsp3) is 0.524. The molecule has 1 aromatic heterocycles. The number of benzene rings is 1. The smallest absolute Gasteiger partial charge is 0.251 e. The lowest BCUT2D eigenvalue weighted by molar-refractivity contribution is -0.125. The minimum Gasteiger partial charge on any atom is -0.356 e. The molecule has 0 aliphatic heterocycles. The zero-order valence-corrected chi connectivity index (χ0v) is 15.9. The monoisotopic (exact) mass is 342 g/mol. The highest BCUT2D eigenvalue weighted by atomic mass is 16.2. The maximum atomic E-state index is 12.3. The quantitative estimate of drug-likeness (QED) is 0.761. The Labute approximate surface area is 150 Å². The van der Waals surface area contributed by atoms with Crippen LogP contribution in [-0.2, 0) is 11.2 Å². The second-order valence-corrected chi connectivity index (χ2v) is 6.96. The van der Waals surface area contributed by atoms with E-state index >= 15 is 0 Å². The van der Waals surface area contributed by atoms with Crippen LogP contribution in [0.2, 0.25) is 0 Å². The summed E-state index contributed by atoms with van der Waals surface area (Å²) in [6.45, 7) is 8.83. The van der Waals surface area contributed by atoms with E-state index in [0.29, 0.717) is 13.0 Å². The molecule has 1 amide bonds. The van der Waals surface area contributed by atoms with Crippen LogP contribution >= 0.6 is 0 Å². The number of amides is 1. The summed E-state index contributed by atoms with van der Waals surface area (Å²) in [4.78, 5) is 27.5. The highest BCUT2D eigenvalue weighted by Crippen LogP contribution is 2.17. The zero-order chi connectivity index (χ0) is 18.4. The Morgan fingerprint density at radius 2 is 1.72 bits per heavy atom. The first-order valence-corrected chi connectivity index (χ1v) is 9.37. The van der Waals surface area contributed by atoms with Crippen molar-refractivity contribution < 1.29 is 4.79 Å². The summed E-state index contributed by atoms with van der Waals surface area (Å²) in [5.41, 5.74) is 3.90. The topological polar surface area (TPSA) is 62.0 Å². The maximum Gasteiger partial charge on any atom is 0.251 e. The summed E-state index contributed by atoms with van der Waals surface area (Å²) in [7, 11) is 0. The zero-order valence-electron chi connectivity index (χ0n) is 15.9.